The highest BCUT2D eigenvalue weighted by Crippen LogP contribution is 2.45. The fourth-order valence-electron chi connectivity index (χ4n) is 3.82. The van der Waals surface area contributed by atoms with Crippen LogP contribution in [-0.4, -0.2) is 30.1 Å². The highest BCUT2D eigenvalue weighted by molar-refractivity contribution is 9.11. The van der Waals surface area contributed by atoms with E-state index in [0.29, 0.717) is 11.6 Å². The molecular weight excluding hydrogens is 308 g/mol. The average Bonchev–Trinajstić information content (AvgIpc) is 2.96. The van der Waals surface area contributed by atoms with Crippen LogP contribution >= 0.6 is 27.3 Å². The zero-order chi connectivity index (χ0) is 12.9. The lowest BCUT2D eigenvalue weighted by atomic mass is 9.84. The monoisotopic (exact) mass is 328 g/mol. The van der Waals surface area contributed by atoms with E-state index in [4.69, 9.17) is 0 Å². The normalized spacial score (nSPS) is 32.7. The fourth-order valence-corrected chi connectivity index (χ4v) is 5.30. The van der Waals surface area contributed by atoms with Gasteiger partial charge in [-0.25, -0.2) is 0 Å². The Hall–Kier alpha value is 0.1000. The molecule has 0 bridgehead atoms. The molecule has 3 rings (SSSR count). The minimum Gasteiger partial charge on any atom is -0.316 e. The van der Waals surface area contributed by atoms with Crippen LogP contribution in [0.1, 0.15) is 31.7 Å². The summed E-state index contributed by atoms with van der Waals surface area (Å²) in [6.45, 7) is 10.8. The summed E-state index contributed by atoms with van der Waals surface area (Å²) in [7, 11) is 0. The Labute approximate surface area is 122 Å². The lowest BCUT2D eigenvalue weighted by Gasteiger charge is -2.39. The Balaban J connectivity index is 1.84. The zero-order valence-electron chi connectivity index (χ0n) is 11.2. The predicted molar refractivity (Wildman–Crippen MR) is 81.1 cm³/mol. The van der Waals surface area contributed by atoms with Crippen molar-refractivity contribution in [1.29, 1.82) is 0 Å². The molecule has 0 spiro atoms. The molecule has 1 aromatic rings. The predicted octanol–water partition coefficient (Wildman–Crippen LogP) is 3.50. The first-order valence-corrected chi connectivity index (χ1v) is 8.34. The smallest absolute Gasteiger partial charge is 0.0701 e. The van der Waals surface area contributed by atoms with Crippen molar-refractivity contribution < 1.29 is 0 Å². The summed E-state index contributed by atoms with van der Waals surface area (Å²) in [5.74, 6) is 1.65. The Morgan fingerprint density at radius 1 is 1.44 bits per heavy atom. The van der Waals surface area contributed by atoms with E-state index in [9.17, 15) is 0 Å². The number of hydrogen-bond donors (Lipinski definition) is 1. The van der Waals surface area contributed by atoms with Gasteiger partial charge < -0.3 is 5.32 Å². The molecule has 0 aromatic carbocycles. The van der Waals surface area contributed by atoms with Gasteiger partial charge in [-0.05, 0) is 67.2 Å². The van der Waals surface area contributed by atoms with Gasteiger partial charge in [-0.15, -0.1) is 11.3 Å². The van der Waals surface area contributed by atoms with Gasteiger partial charge in [-0.3, -0.25) is 4.90 Å². The van der Waals surface area contributed by atoms with Gasteiger partial charge in [-0.2, -0.15) is 0 Å². The molecule has 0 aliphatic carbocycles. The third-order valence-electron chi connectivity index (χ3n) is 4.89. The fraction of sp³-hybridized carbons (Fsp3) is 0.714. The molecule has 3 unspecified atom stereocenters. The van der Waals surface area contributed by atoms with Crippen molar-refractivity contribution in [2.75, 3.05) is 19.6 Å². The molecule has 0 radical (unpaired) electrons. The second-order valence-electron chi connectivity index (χ2n) is 6.15. The highest BCUT2D eigenvalue weighted by atomic mass is 79.9. The molecule has 2 aliphatic rings. The van der Waals surface area contributed by atoms with Crippen LogP contribution in [0.25, 0.3) is 0 Å². The van der Waals surface area contributed by atoms with E-state index >= 15 is 0 Å². The number of thiophene rings is 1. The first-order valence-electron chi connectivity index (χ1n) is 6.73. The van der Waals surface area contributed by atoms with E-state index in [1.54, 1.807) is 0 Å². The van der Waals surface area contributed by atoms with Gasteiger partial charge in [0, 0.05) is 29.5 Å². The maximum Gasteiger partial charge on any atom is 0.0701 e. The molecule has 0 saturated carbocycles. The van der Waals surface area contributed by atoms with Crippen LogP contribution < -0.4 is 5.32 Å². The van der Waals surface area contributed by atoms with E-state index in [0.717, 1.165) is 11.8 Å². The van der Waals surface area contributed by atoms with Crippen molar-refractivity contribution in [3.05, 3.63) is 20.8 Å². The topological polar surface area (TPSA) is 15.3 Å². The summed E-state index contributed by atoms with van der Waals surface area (Å²) in [5, 5.41) is 3.55. The number of rotatable bonds is 2. The number of halogens is 1. The van der Waals surface area contributed by atoms with Gasteiger partial charge in [0.15, 0.2) is 0 Å². The van der Waals surface area contributed by atoms with Crippen LogP contribution in [0.3, 0.4) is 0 Å². The largest absolute Gasteiger partial charge is 0.316 e. The van der Waals surface area contributed by atoms with Crippen molar-refractivity contribution in [3.8, 4) is 0 Å². The second-order valence-corrected chi connectivity index (χ2v) is 8.64. The van der Waals surface area contributed by atoms with Gasteiger partial charge in [0.1, 0.15) is 0 Å². The number of nitrogens with one attached hydrogen (secondary N) is 1. The molecule has 0 amide bonds. The van der Waals surface area contributed by atoms with Crippen molar-refractivity contribution in [3.63, 3.8) is 0 Å². The summed E-state index contributed by atoms with van der Waals surface area (Å²) < 4.78 is 1.24. The summed E-state index contributed by atoms with van der Waals surface area (Å²) in [5.41, 5.74) is 0.310. The lowest BCUT2D eigenvalue weighted by molar-refractivity contribution is 0.0987. The number of likely N-dealkylation sites (tertiary alicyclic amines) is 1. The van der Waals surface area contributed by atoms with E-state index in [-0.39, 0.29) is 0 Å². The lowest BCUT2D eigenvalue weighted by Crippen LogP contribution is -2.45. The Morgan fingerprint density at radius 3 is 2.83 bits per heavy atom. The summed E-state index contributed by atoms with van der Waals surface area (Å²) in [6, 6.07) is 4.96. The van der Waals surface area contributed by atoms with E-state index in [1.807, 2.05) is 11.3 Å². The second kappa shape index (κ2) is 4.58. The van der Waals surface area contributed by atoms with Crippen LogP contribution in [0.15, 0.2) is 15.9 Å². The number of fused-ring (bicyclic) bond motifs is 1. The van der Waals surface area contributed by atoms with Crippen LogP contribution in [-0.2, 0) is 0 Å². The third kappa shape index (κ3) is 1.98. The molecule has 18 heavy (non-hydrogen) atoms. The maximum absolute atomic E-state index is 3.58. The van der Waals surface area contributed by atoms with Crippen LogP contribution in [0.5, 0.6) is 0 Å². The highest BCUT2D eigenvalue weighted by Gasteiger charge is 2.50. The van der Waals surface area contributed by atoms with Crippen LogP contribution in [0, 0.1) is 11.8 Å². The molecular formula is C14H21BrN2S. The van der Waals surface area contributed by atoms with Crippen molar-refractivity contribution in [1.82, 2.24) is 10.2 Å². The quantitative estimate of drug-likeness (QED) is 0.893. The van der Waals surface area contributed by atoms with E-state index < -0.39 is 0 Å². The van der Waals surface area contributed by atoms with Gasteiger partial charge in [-0.1, -0.05) is 0 Å². The van der Waals surface area contributed by atoms with Crippen molar-refractivity contribution in [2.24, 2.45) is 11.8 Å². The van der Waals surface area contributed by atoms with Crippen LogP contribution in [0.2, 0.25) is 0 Å². The van der Waals surface area contributed by atoms with Crippen molar-refractivity contribution >= 4 is 27.3 Å². The molecule has 1 aromatic heterocycles. The summed E-state index contributed by atoms with van der Waals surface area (Å²) in [6.07, 6.45) is 0. The number of hydrogen-bond acceptors (Lipinski definition) is 3. The van der Waals surface area contributed by atoms with Crippen LogP contribution in [0.4, 0.5) is 0 Å². The van der Waals surface area contributed by atoms with Gasteiger partial charge in [0.05, 0.1) is 3.79 Å². The molecule has 2 saturated heterocycles. The molecule has 3 heterocycles. The average molecular weight is 329 g/mol. The minimum atomic E-state index is 0.310. The van der Waals surface area contributed by atoms with Gasteiger partial charge in [0.2, 0.25) is 0 Å². The molecule has 1 N–H and O–H groups in total. The number of nitrogens with zero attached hydrogens (tertiary/aromatic N) is 1. The summed E-state index contributed by atoms with van der Waals surface area (Å²) >= 11 is 5.45. The molecule has 4 heteroatoms. The molecule has 100 valence electrons. The van der Waals surface area contributed by atoms with Gasteiger partial charge >= 0.3 is 0 Å². The Bertz CT molecular complexity index is 443. The van der Waals surface area contributed by atoms with Gasteiger partial charge in [0.25, 0.3) is 0 Å². The molecule has 3 atom stereocenters. The Morgan fingerprint density at radius 2 is 2.22 bits per heavy atom. The molecule has 2 fully saturated rings. The van der Waals surface area contributed by atoms with E-state index in [2.05, 4.69) is 59.1 Å². The SMILES string of the molecule is CC(c1ccc(Br)s1)N1CC2CNCC2C1(C)C. The van der Waals surface area contributed by atoms with Crippen molar-refractivity contribution in [2.45, 2.75) is 32.4 Å². The molecule has 2 aliphatic heterocycles. The zero-order valence-corrected chi connectivity index (χ0v) is 13.6. The maximum atomic E-state index is 3.58. The Kier molecular flexibility index (Phi) is 3.34. The first kappa shape index (κ1) is 13.1. The minimum absolute atomic E-state index is 0.310. The van der Waals surface area contributed by atoms with E-state index in [1.165, 1.54) is 28.3 Å². The molecule has 2 nitrogen and oxygen atoms in total. The third-order valence-corrected chi connectivity index (χ3v) is 6.69. The standard InChI is InChI=1S/C14H21BrN2S/c1-9(12-4-5-13(15)18-12)17-8-10-6-16-7-11(10)14(17,2)3/h4-5,9-11,16H,6-8H2,1-3H3. The summed E-state index contributed by atoms with van der Waals surface area (Å²) in [4.78, 5) is 4.18. The first-order chi connectivity index (χ1) is 8.50.